The third-order valence-corrected chi connectivity index (χ3v) is 3.56. The molecule has 2 aromatic heterocycles. The molecule has 1 aromatic carbocycles. The molecule has 2 heterocycles. The van der Waals surface area contributed by atoms with Crippen molar-refractivity contribution in [3.05, 3.63) is 60.0 Å². The maximum Gasteiger partial charge on any atom is 0.222 e. The molecule has 0 unspecified atom stereocenters. The fraction of sp³-hybridized carbons (Fsp3) is 0.235. The Hall–Kier alpha value is -2.69. The molecule has 1 amide bonds. The molecule has 3 aromatic rings. The number of rotatable bonds is 5. The number of hydrogen-bond donors (Lipinski definition) is 1. The van der Waals surface area contributed by atoms with E-state index in [1.54, 1.807) is 12.4 Å². The van der Waals surface area contributed by atoms with Crippen molar-refractivity contribution in [3.8, 4) is 0 Å². The summed E-state index contributed by atoms with van der Waals surface area (Å²) in [7, 11) is 0. The van der Waals surface area contributed by atoms with Gasteiger partial charge in [0.05, 0.1) is 18.3 Å². The van der Waals surface area contributed by atoms with Crippen LogP contribution in [0.3, 0.4) is 0 Å². The highest BCUT2D eigenvalue weighted by Gasteiger charge is 2.06. The zero-order chi connectivity index (χ0) is 15.4. The maximum atomic E-state index is 11.9. The van der Waals surface area contributed by atoms with Gasteiger partial charge in [0.1, 0.15) is 0 Å². The molecular weight excluding hydrogens is 276 g/mol. The minimum atomic E-state index is 0.0135. The molecule has 0 aliphatic heterocycles. The predicted molar refractivity (Wildman–Crippen MR) is 85.2 cm³/mol. The summed E-state index contributed by atoms with van der Waals surface area (Å²) in [6.45, 7) is 3.14. The van der Waals surface area contributed by atoms with E-state index in [0.717, 1.165) is 16.5 Å². The second kappa shape index (κ2) is 6.39. The topological polar surface area (TPSA) is 59.8 Å². The molecule has 0 aliphatic rings. The van der Waals surface area contributed by atoms with Crippen LogP contribution in [0.5, 0.6) is 0 Å². The number of amides is 1. The summed E-state index contributed by atoms with van der Waals surface area (Å²) < 4.78 is 1.87. The van der Waals surface area contributed by atoms with E-state index in [2.05, 4.69) is 34.5 Å². The van der Waals surface area contributed by atoms with Gasteiger partial charge in [-0.3, -0.25) is 14.5 Å². The van der Waals surface area contributed by atoms with E-state index in [-0.39, 0.29) is 5.91 Å². The molecular formula is C17H18N4O. The van der Waals surface area contributed by atoms with E-state index in [1.165, 1.54) is 5.56 Å². The van der Waals surface area contributed by atoms with E-state index in [9.17, 15) is 4.79 Å². The van der Waals surface area contributed by atoms with Crippen molar-refractivity contribution in [1.29, 1.82) is 0 Å². The molecule has 5 nitrogen and oxygen atoms in total. The Labute approximate surface area is 129 Å². The summed E-state index contributed by atoms with van der Waals surface area (Å²) in [5.41, 5.74) is 3.27. The average Bonchev–Trinajstić information content (AvgIpc) is 2.94. The van der Waals surface area contributed by atoms with E-state index < -0.39 is 0 Å². The van der Waals surface area contributed by atoms with Crippen LogP contribution in [0.15, 0.2) is 48.9 Å². The quantitative estimate of drug-likeness (QED) is 0.786. The van der Waals surface area contributed by atoms with E-state index in [0.29, 0.717) is 19.5 Å². The first-order chi connectivity index (χ1) is 10.7. The Bertz CT molecular complexity index is 780. The smallest absolute Gasteiger partial charge is 0.222 e. The average molecular weight is 294 g/mol. The lowest BCUT2D eigenvalue weighted by Crippen LogP contribution is -2.24. The zero-order valence-corrected chi connectivity index (χ0v) is 12.5. The van der Waals surface area contributed by atoms with Crippen LogP contribution in [0.4, 0.5) is 0 Å². The van der Waals surface area contributed by atoms with E-state index in [1.807, 2.05) is 29.1 Å². The number of carbonyl (C=O) groups excluding carboxylic acids is 1. The van der Waals surface area contributed by atoms with Gasteiger partial charge in [0.25, 0.3) is 0 Å². The van der Waals surface area contributed by atoms with Crippen molar-refractivity contribution in [2.45, 2.75) is 26.4 Å². The molecule has 0 saturated carbocycles. The molecule has 0 bridgehead atoms. The molecule has 3 rings (SSSR count). The minimum Gasteiger partial charge on any atom is -0.352 e. The molecule has 1 N–H and O–H groups in total. The van der Waals surface area contributed by atoms with Gasteiger partial charge in [-0.1, -0.05) is 17.7 Å². The van der Waals surface area contributed by atoms with Crippen molar-refractivity contribution in [2.75, 3.05) is 0 Å². The second-order valence-electron chi connectivity index (χ2n) is 5.32. The standard InChI is InChI=1S/C17H18N4O/c1-13-4-5-16-15(9-13)12-20-21(16)8-6-17(22)19-11-14-3-2-7-18-10-14/h2-5,7,9-10,12H,6,8,11H2,1H3,(H,19,22). The number of pyridine rings is 1. The minimum absolute atomic E-state index is 0.0135. The van der Waals surface area contributed by atoms with Gasteiger partial charge in [-0.05, 0) is 30.7 Å². The Morgan fingerprint density at radius 3 is 3.00 bits per heavy atom. The van der Waals surface area contributed by atoms with Crippen LogP contribution in [0.25, 0.3) is 10.9 Å². The molecule has 0 radical (unpaired) electrons. The van der Waals surface area contributed by atoms with Crippen LogP contribution < -0.4 is 5.32 Å². The van der Waals surface area contributed by atoms with Crippen LogP contribution in [0.2, 0.25) is 0 Å². The molecule has 112 valence electrons. The van der Waals surface area contributed by atoms with Gasteiger partial charge < -0.3 is 5.32 Å². The van der Waals surface area contributed by atoms with Crippen LogP contribution in [-0.4, -0.2) is 20.7 Å². The summed E-state index contributed by atoms with van der Waals surface area (Å²) in [6, 6.07) is 10.0. The fourth-order valence-electron chi connectivity index (χ4n) is 2.38. The van der Waals surface area contributed by atoms with E-state index >= 15 is 0 Å². The third-order valence-electron chi connectivity index (χ3n) is 3.56. The molecule has 0 spiro atoms. The van der Waals surface area contributed by atoms with Gasteiger partial charge in [-0.25, -0.2) is 0 Å². The SMILES string of the molecule is Cc1ccc2c(cnn2CCC(=O)NCc2cccnc2)c1. The van der Waals surface area contributed by atoms with Crippen molar-refractivity contribution in [3.63, 3.8) is 0 Å². The number of fused-ring (bicyclic) bond motifs is 1. The summed E-state index contributed by atoms with van der Waals surface area (Å²) >= 11 is 0. The third kappa shape index (κ3) is 3.31. The van der Waals surface area contributed by atoms with Gasteiger partial charge >= 0.3 is 0 Å². The Morgan fingerprint density at radius 1 is 1.27 bits per heavy atom. The van der Waals surface area contributed by atoms with Crippen molar-refractivity contribution < 1.29 is 4.79 Å². The number of aryl methyl sites for hydroxylation is 2. The predicted octanol–water partition coefficient (Wildman–Crippen LogP) is 2.45. The van der Waals surface area contributed by atoms with Crippen LogP contribution >= 0.6 is 0 Å². The number of carbonyl (C=O) groups is 1. The summed E-state index contributed by atoms with van der Waals surface area (Å²) in [4.78, 5) is 16.0. The van der Waals surface area contributed by atoms with Gasteiger partial charge in [0.15, 0.2) is 0 Å². The number of nitrogens with zero attached hydrogens (tertiary/aromatic N) is 3. The van der Waals surface area contributed by atoms with Gasteiger partial charge in [-0.2, -0.15) is 5.10 Å². The molecule has 0 fully saturated rings. The largest absolute Gasteiger partial charge is 0.352 e. The van der Waals surface area contributed by atoms with Gasteiger partial charge in [0.2, 0.25) is 5.91 Å². The Kier molecular flexibility index (Phi) is 4.14. The summed E-state index contributed by atoms with van der Waals surface area (Å²) in [5, 5.41) is 8.36. The first-order valence-corrected chi connectivity index (χ1v) is 7.30. The number of hydrogen-bond acceptors (Lipinski definition) is 3. The van der Waals surface area contributed by atoms with Crippen molar-refractivity contribution in [2.24, 2.45) is 0 Å². The number of benzene rings is 1. The monoisotopic (exact) mass is 294 g/mol. The maximum absolute atomic E-state index is 11.9. The lowest BCUT2D eigenvalue weighted by atomic mass is 10.2. The van der Waals surface area contributed by atoms with Crippen molar-refractivity contribution >= 4 is 16.8 Å². The van der Waals surface area contributed by atoms with Gasteiger partial charge in [0, 0.05) is 30.7 Å². The summed E-state index contributed by atoms with van der Waals surface area (Å²) in [6.07, 6.45) is 5.72. The highest BCUT2D eigenvalue weighted by Crippen LogP contribution is 2.15. The lowest BCUT2D eigenvalue weighted by molar-refractivity contribution is -0.121. The molecule has 22 heavy (non-hydrogen) atoms. The first-order valence-electron chi connectivity index (χ1n) is 7.30. The first kappa shape index (κ1) is 14.3. The van der Waals surface area contributed by atoms with Crippen LogP contribution in [-0.2, 0) is 17.9 Å². The molecule has 0 aliphatic carbocycles. The highest BCUT2D eigenvalue weighted by molar-refractivity contribution is 5.80. The van der Waals surface area contributed by atoms with Crippen LogP contribution in [0.1, 0.15) is 17.5 Å². The Balaban J connectivity index is 1.56. The number of nitrogens with one attached hydrogen (secondary N) is 1. The highest BCUT2D eigenvalue weighted by atomic mass is 16.1. The fourth-order valence-corrected chi connectivity index (χ4v) is 2.38. The van der Waals surface area contributed by atoms with Crippen molar-refractivity contribution in [1.82, 2.24) is 20.1 Å². The molecule has 0 atom stereocenters. The molecule has 0 saturated heterocycles. The second-order valence-corrected chi connectivity index (χ2v) is 5.32. The molecule has 5 heteroatoms. The number of aromatic nitrogens is 3. The van der Waals surface area contributed by atoms with Gasteiger partial charge in [-0.15, -0.1) is 0 Å². The normalized spacial score (nSPS) is 10.8. The Morgan fingerprint density at radius 2 is 2.18 bits per heavy atom. The van der Waals surface area contributed by atoms with E-state index in [4.69, 9.17) is 0 Å². The lowest BCUT2D eigenvalue weighted by Gasteiger charge is -2.06. The zero-order valence-electron chi connectivity index (χ0n) is 12.5. The van der Waals surface area contributed by atoms with Crippen LogP contribution in [0, 0.1) is 6.92 Å². The summed E-state index contributed by atoms with van der Waals surface area (Å²) in [5.74, 6) is 0.0135.